The number of esters is 1. The van der Waals surface area contributed by atoms with Gasteiger partial charge < -0.3 is 19.5 Å². The predicted octanol–water partition coefficient (Wildman–Crippen LogP) is 0.963. The molecule has 0 heterocycles. The van der Waals surface area contributed by atoms with Crippen molar-refractivity contribution in [3.05, 3.63) is 5.21 Å². The number of nitrogens with zero attached hydrogens (tertiary/aromatic N) is 2. The van der Waals surface area contributed by atoms with E-state index in [2.05, 4.69) is 9.99 Å². The highest BCUT2D eigenvalue weighted by Gasteiger charge is 2.26. The van der Waals surface area contributed by atoms with Crippen LogP contribution in [0.2, 0.25) is 0 Å². The molecular weight excluding hydrogens is 282 g/mol. The number of hydrazine groups is 1. The summed E-state index contributed by atoms with van der Waals surface area (Å²) in [5, 5.41) is 15.2. The maximum atomic E-state index is 11.8. The lowest BCUT2D eigenvalue weighted by molar-refractivity contribution is -0.508. The fourth-order valence-corrected chi connectivity index (χ4v) is 1.11. The van der Waals surface area contributed by atoms with Gasteiger partial charge in [0.2, 0.25) is 0 Å². The first-order valence-corrected chi connectivity index (χ1v) is 6.21. The number of carbonyl (C=O) groups excluding carboxylic acids is 2. The number of carbonyl (C=O) groups is 2. The SMILES string of the molecule is CCOC(=O)C(=NOC)/C(C)=[N+](\[O-])NC(=O)OC(C)(C)C. The molecule has 0 aliphatic heterocycles. The molecule has 0 spiro atoms. The molecule has 1 amide bonds. The monoisotopic (exact) mass is 303 g/mol. The van der Waals surface area contributed by atoms with Gasteiger partial charge in [-0.25, -0.2) is 9.59 Å². The Balaban J connectivity index is 5.12. The van der Waals surface area contributed by atoms with E-state index in [4.69, 9.17) is 9.47 Å². The number of rotatable bonds is 5. The number of hydrazone groups is 1. The Kier molecular flexibility index (Phi) is 7.18. The van der Waals surface area contributed by atoms with Gasteiger partial charge in [-0.3, -0.25) is 0 Å². The molecule has 0 rings (SSSR count). The van der Waals surface area contributed by atoms with Crippen molar-refractivity contribution in [1.82, 2.24) is 5.43 Å². The normalized spacial score (nSPS) is 13.1. The van der Waals surface area contributed by atoms with Crippen LogP contribution in [-0.2, 0) is 19.1 Å². The lowest BCUT2D eigenvalue weighted by Crippen LogP contribution is -2.42. The smallest absolute Gasteiger partial charge is 0.462 e. The molecule has 0 aromatic carbocycles. The summed E-state index contributed by atoms with van der Waals surface area (Å²) in [6.07, 6.45) is -0.961. The van der Waals surface area contributed by atoms with Gasteiger partial charge in [0, 0.05) is 6.92 Å². The molecule has 0 aromatic rings. The van der Waals surface area contributed by atoms with E-state index in [0.717, 1.165) is 0 Å². The van der Waals surface area contributed by atoms with E-state index >= 15 is 0 Å². The molecule has 0 saturated heterocycles. The van der Waals surface area contributed by atoms with Crippen LogP contribution in [0.15, 0.2) is 5.16 Å². The Morgan fingerprint density at radius 2 is 1.90 bits per heavy atom. The summed E-state index contributed by atoms with van der Waals surface area (Å²) >= 11 is 0. The molecule has 0 unspecified atom stereocenters. The molecule has 0 saturated carbocycles. The Morgan fingerprint density at radius 3 is 2.33 bits per heavy atom. The fourth-order valence-electron chi connectivity index (χ4n) is 1.11. The average molecular weight is 303 g/mol. The maximum absolute atomic E-state index is 11.8. The Morgan fingerprint density at radius 1 is 1.33 bits per heavy atom. The minimum absolute atomic E-state index is 0.0584. The third-order valence-corrected chi connectivity index (χ3v) is 1.89. The Bertz CT molecular complexity index is 450. The van der Waals surface area contributed by atoms with E-state index in [0.29, 0.717) is 0 Å². The van der Waals surface area contributed by atoms with Crippen molar-refractivity contribution in [1.29, 1.82) is 0 Å². The number of hydrogen-bond acceptors (Lipinski definition) is 7. The quantitative estimate of drug-likeness (QED) is 0.266. The molecule has 0 aliphatic rings. The van der Waals surface area contributed by atoms with Crippen molar-refractivity contribution < 1.29 is 28.7 Å². The Hall–Kier alpha value is -2.32. The summed E-state index contributed by atoms with van der Waals surface area (Å²) < 4.78 is 9.65. The molecule has 21 heavy (non-hydrogen) atoms. The van der Waals surface area contributed by atoms with Gasteiger partial charge in [-0.15, -0.1) is 0 Å². The van der Waals surface area contributed by atoms with E-state index in [9.17, 15) is 14.8 Å². The summed E-state index contributed by atoms with van der Waals surface area (Å²) in [7, 11) is 1.21. The zero-order valence-electron chi connectivity index (χ0n) is 13.1. The van der Waals surface area contributed by atoms with Gasteiger partial charge in [-0.1, -0.05) is 15.4 Å². The van der Waals surface area contributed by atoms with Crippen molar-refractivity contribution in [2.75, 3.05) is 13.7 Å². The zero-order chi connectivity index (χ0) is 16.6. The Labute approximate surface area is 123 Å². The molecule has 0 aromatic heterocycles. The van der Waals surface area contributed by atoms with Crippen LogP contribution in [0.4, 0.5) is 4.79 Å². The number of amides is 1. The molecule has 0 aliphatic carbocycles. The largest absolute Gasteiger partial charge is 0.596 e. The average Bonchev–Trinajstić information content (AvgIpc) is 2.32. The first-order chi connectivity index (χ1) is 9.62. The van der Waals surface area contributed by atoms with Crippen LogP contribution < -0.4 is 5.43 Å². The van der Waals surface area contributed by atoms with Gasteiger partial charge in [0.25, 0.3) is 11.4 Å². The predicted molar refractivity (Wildman–Crippen MR) is 74.8 cm³/mol. The topological polar surface area (TPSA) is 112 Å². The van der Waals surface area contributed by atoms with E-state index in [1.807, 2.05) is 5.43 Å². The van der Waals surface area contributed by atoms with E-state index in [-0.39, 0.29) is 22.9 Å². The van der Waals surface area contributed by atoms with Crippen LogP contribution in [0.1, 0.15) is 34.6 Å². The van der Waals surface area contributed by atoms with Gasteiger partial charge in [0.15, 0.2) is 0 Å². The lowest BCUT2D eigenvalue weighted by atomic mass is 10.2. The number of ether oxygens (including phenoxy) is 2. The third-order valence-electron chi connectivity index (χ3n) is 1.89. The molecular formula is C12H21N3O6. The van der Waals surface area contributed by atoms with Crippen LogP contribution in [0.25, 0.3) is 0 Å². The molecule has 9 nitrogen and oxygen atoms in total. The third kappa shape index (κ3) is 7.14. The van der Waals surface area contributed by atoms with Crippen LogP contribution in [0.3, 0.4) is 0 Å². The van der Waals surface area contributed by atoms with Crippen LogP contribution >= 0.6 is 0 Å². The molecule has 9 heteroatoms. The maximum Gasteiger partial charge on any atom is 0.462 e. The van der Waals surface area contributed by atoms with Crippen molar-refractivity contribution >= 4 is 23.5 Å². The number of oxime groups is 1. The van der Waals surface area contributed by atoms with E-state index in [1.54, 1.807) is 27.7 Å². The number of nitrogens with one attached hydrogen (secondary N) is 1. The van der Waals surface area contributed by atoms with Gasteiger partial charge in [-0.05, 0) is 27.7 Å². The summed E-state index contributed by atoms with van der Waals surface area (Å²) in [6, 6.07) is 0. The lowest BCUT2D eigenvalue weighted by Gasteiger charge is -2.19. The summed E-state index contributed by atoms with van der Waals surface area (Å²) in [6.45, 7) is 7.93. The second-order valence-corrected chi connectivity index (χ2v) is 4.84. The molecule has 1 N–H and O–H groups in total. The highest BCUT2D eigenvalue weighted by molar-refractivity contribution is 6.64. The summed E-state index contributed by atoms with van der Waals surface area (Å²) in [5.74, 6) is -0.844. The second-order valence-electron chi connectivity index (χ2n) is 4.84. The minimum Gasteiger partial charge on any atom is -0.596 e. The van der Waals surface area contributed by atoms with E-state index < -0.39 is 17.7 Å². The molecule has 0 radical (unpaired) electrons. The summed E-state index contributed by atoms with van der Waals surface area (Å²) in [5.41, 5.74) is 0.584. The van der Waals surface area contributed by atoms with Crippen molar-refractivity contribution in [3.63, 3.8) is 0 Å². The molecule has 0 fully saturated rings. The van der Waals surface area contributed by atoms with Gasteiger partial charge in [0.05, 0.1) is 6.61 Å². The zero-order valence-corrected chi connectivity index (χ0v) is 13.1. The highest BCUT2D eigenvalue weighted by Crippen LogP contribution is 2.06. The highest BCUT2D eigenvalue weighted by atomic mass is 16.6. The number of hydrogen-bond donors (Lipinski definition) is 1. The standard InChI is InChI=1S/C12H21N3O6/c1-7-20-10(16)9(14-19-6)8(2)15(18)13-11(17)21-12(3,4)5/h7H2,1-6H3,(H,13,17)/b14-9?,15-8-. The van der Waals surface area contributed by atoms with Crippen LogP contribution in [0, 0.1) is 5.21 Å². The van der Waals surface area contributed by atoms with Gasteiger partial charge in [0.1, 0.15) is 12.7 Å². The van der Waals surface area contributed by atoms with Crippen molar-refractivity contribution in [2.24, 2.45) is 5.16 Å². The van der Waals surface area contributed by atoms with Crippen molar-refractivity contribution in [2.45, 2.75) is 40.2 Å². The van der Waals surface area contributed by atoms with Gasteiger partial charge in [-0.2, -0.15) is 0 Å². The first-order valence-electron chi connectivity index (χ1n) is 6.21. The van der Waals surface area contributed by atoms with Crippen molar-refractivity contribution in [3.8, 4) is 0 Å². The first kappa shape index (κ1) is 18.7. The molecule has 120 valence electrons. The van der Waals surface area contributed by atoms with Crippen LogP contribution in [-0.4, -0.2) is 47.7 Å². The van der Waals surface area contributed by atoms with E-state index in [1.165, 1.54) is 14.0 Å². The summed E-state index contributed by atoms with van der Waals surface area (Å²) in [4.78, 5) is 27.6. The van der Waals surface area contributed by atoms with Gasteiger partial charge >= 0.3 is 12.1 Å². The fraction of sp³-hybridized carbons (Fsp3) is 0.667. The minimum atomic E-state index is -0.961. The second kappa shape index (κ2) is 8.08. The molecule has 0 bridgehead atoms. The molecule has 0 atom stereocenters. The van der Waals surface area contributed by atoms with Crippen LogP contribution in [0.5, 0.6) is 0 Å².